The molecule has 0 aromatic carbocycles. The van der Waals surface area contributed by atoms with Gasteiger partial charge in [-0.2, -0.15) is 4.98 Å². The second-order valence-electron chi connectivity index (χ2n) is 5.32. The van der Waals surface area contributed by atoms with Gasteiger partial charge in [0.25, 0.3) is 5.88 Å². The summed E-state index contributed by atoms with van der Waals surface area (Å²) in [6.45, 7) is 5.25. The molecule has 116 valence electrons. The Morgan fingerprint density at radius 3 is 2.81 bits per heavy atom. The van der Waals surface area contributed by atoms with Crippen LogP contribution in [-0.2, 0) is 4.74 Å². The Labute approximate surface area is 123 Å². The lowest BCUT2D eigenvalue weighted by Gasteiger charge is -2.14. The molecule has 8 nitrogen and oxygen atoms in total. The number of rotatable bonds is 6. The average molecular weight is 296 g/mol. The third-order valence-electron chi connectivity index (χ3n) is 3.14. The summed E-state index contributed by atoms with van der Waals surface area (Å²) in [6, 6.07) is 0. The maximum Gasteiger partial charge on any atom is 0.372 e. The van der Waals surface area contributed by atoms with Crippen LogP contribution in [0.15, 0.2) is 0 Å². The highest BCUT2D eigenvalue weighted by Crippen LogP contribution is 2.35. The van der Waals surface area contributed by atoms with Crippen molar-refractivity contribution in [1.82, 2.24) is 9.97 Å². The fourth-order valence-electron chi connectivity index (χ4n) is 2.11. The molecule has 1 aromatic heterocycles. The predicted molar refractivity (Wildman–Crippen MR) is 76.5 cm³/mol. The van der Waals surface area contributed by atoms with E-state index in [1.807, 2.05) is 13.8 Å². The number of hydrogen-bond donors (Lipinski definition) is 1. The van der Waals surface area contributed by atoms with Gasteiger partial charge in [0.05, 0.1) is 12.0 Å². The number of nitrogens with one attached hydrogen (secondary N) is 1. The number of methoxy groups -OCH3 is 1. The van der Waals surface area contributed by atoms with Gasteiger partial charge in [-0.05, 0) is 18.8 Å². The van der Waals surface area contributed by atoms with Crippen LogP contribution in [-0.4, -0.2) is 35.2 Å². The first-order chi connectivity index (χ1) is 10.0. The molecular formula is C13H20N4O4. The van der Waals surface area contributed by atoms with Crippen LogP contribution in [0.4, 0.5) is 11.5 Å². The van der Waals surface area contributed by atoms with Crippen molar-refractivity contribution < 1.29 is 14.4 Å². The third kappa shape index (κ3) is 3.57. The molecule has 1 aliphatic rings. The fourth-order valence-corrected chi connectivity index (χ4v) is 2.11. The lowest BCUT2D eigenvalue weighted by molar-refractivity contribution is -0.385. The predicted octanol–water partition coefficient (Wildman–Crippen LogP) is 2.31. The van der Waals surface area contributed by atoms with Crippen molar-refractivity contribution in [2.75, 3.05) is 25.6 Å². The summed E-state index contributed by atoms with van der Waals surface area (Å²) in [7, 11) is 1.36. The maximum atomic E-state index is 11.3. The van der Waals surface area contributed by atoms with Gasteiger partial charge < -0.3 is 14.8 Å². The van der Waals surface area contributed by atoms with Crippen molar-refractivity contribution in [3.05, 3.63) is 15.9 Å². The summed E-state index contributed by atoms with van der Waals surface area (Å²) < 4.78 is 10.6. The van der Waals surface area contributed by atoms with Crippen molar-refractivity contribution in [1.29, 1.82) is 0 Å². The third-order valence-corrected chi connectivity index (χ3v) is 3.14. The zero-order chi connectivity index (χ0) is 15.4. The number of anilines is 1. The maximum absolute atomic E-state index is 11.3. The topological polar surface area (TPSA) is 99.4 Å². The lowest BCUT2D eigenvalue weighted by Crippen LogP contribution is -2.15. The van der Waals surface area contributed by atoms with E-state index in [1.54, 1.807) is 0 Å². The summed E-state index contributed by atoms with van der Waals surface area (Å²) in [4.78, 5) is 19.2. The van der Waals surface area contributed by atoms with E-state index in [2.05, 4.69) is 15.3 Å². The van der Waals surface area contributed by atoms with E-state index in [0.717, 1.165) is 12.8 Å². The molecular weight excluding hydrogens is 276 g/mol. The summed E-state index contributed by atoms with van der Waals surface area (Å²) in [6.07, 6.45) is 1.52. The molecule has 0 radical (unpaired) electrons. The van der Waals surface area contributed by atoms with E-state index in [4.69, 9.17) is 9.47 Å². The largest absolute Gasteiger partial charge is 0.476 e. The Bertz CT molecular complexity index is 515. The van der Waals surface area contributed by atoms with E-state index in [-0.39, 0.29) is 23.5 Å². The fraction of sp³-hybridized carbons (Fsp3) is 0.692. The molecule has 0 bridgehead atoms. The van der Waals surface area contributed by atoms with Crippen molar-refractivity contribution >= 4 is 11.5 Å². The van der Waals surface area contributed by atoms with Crippen LogP contribution in [0.25, 0.3) is 0 Å². The van der Waals surface area contributed by atoms with Gasteiger partial charge in [0.2, 0.25) is 5.82 Å². The Morgan fingerprint density at radius 2 is 2.29 bits per heavy atom. The molecule has 8 heteroatoms. The Hall–Kier alpha value is -1.96. The van der Waals surface area contributed by atoms with Gasteiger partial charge in [0, 0.05) is 13.2 Å². The highest BCUT2D eigenvalue weighted by Gasteiger charge is 2.29. The van der Waals surface area contributed by atoms with Gasteiger partial charge in [0.1, 0.15) is 6.10 Å². The van der Waals surface area contributed by atoms with E-state index in [9.17, 15) is 10.1 Å². The second-order valence-corrected chi connectivity index (χ2v) is 5.32. The quantitative estimate of drug-likeness (QED) is 0.635. The number of aromatic nitrogens is 2. The molecule has 0 saturated carbocycles. The number of hydrogen-bond acceptors (Lipinski definition) is 7. The number of ether oxygens (including phenoxy) is 2. The van der Waals surface area contributed by atoms with Gasteiger partial charge in [-0.15, -0.1) is 0 Å². The van der Waals surface area contributed by atoms with Crippen molar-refractivity contribution in [2.45, 2.75) is 32.8 Å². The minimum absolute atomic E-state index is 0.0354. The molecule has 1 aromatic rings. The van der Waals surface area contributed by atoms with Crippen LogP contribution in [0.2, 0.25) is 0 Å². The lowest BCUT2D eigenvalue weighted by atomic mass is 10.2. The normalized spacial score (nSPS) is 18.0. The van der Waals surface area contributed by atoms with Crippen molar-refractivity contribution in [3.8, 4) is 5.88 Å². The van der Waals surface area contributed by atoms with Crippen LogP contribution in [0.5, 0.6) is 5.88 Å². The van der Waals surface area contributed by atoms with Gasteiger partial charge in [-0.1, -0.05) is 13.8 Å². The van der Waals surface area contributed by atoms with Crippen molar-refractivity contribution in [2.24, 2.45) is 5.92 Å². The summed E-state index contributed by atoms with van der Waals surface area (Å²) in [5.41, 5.74) is -0.236. The molecule has 1 aliphatic heterocycles. The van der Waals surface area contributed by atoms with Gasteiger partial charge >= 0.3 is 5.69 Å². The van der Waals surface area contributed by atoms with Crippen LogP contribution >= 0.6 is 0 Å². The summed E-state index contributed by atoms with van der Waals surface area (Å²) in [5.74, 6) is 0.913. The number of nitro groups is 1. The van der Waals surface area contributed by atoms with E-state index >= 15 is 0 Å². The van der Waals surface area contributed by atoms with E-state index < -0.39 is 4.92 Å². The Balaban J connectivity index is 2.40. The van der Waals surface area contributed by atoms with Crippen LogP contribution < -0.4 is 10.1 Å². The molecule has 0 spiro atoms. The second kappa shape index (κ2) is 6.66. The molecule has 0 aliphatic carbocycles. The first-order valence-corrected chi connectivity index (χ1v) is 6.98. The molecule has 1 saturated heterocycles. The zero-order valence-corrected chi connectivity index (χ0v) is 12.5. The van der Waals surface area contributed by atoms with E-state index in [1.165, 1.54) is 7.11 Å². The Morgan fingerprint density at radius 1 is 1.52 bits per heavy atom. The Kier molecular flexibility index (Phi) is 4.89. The molecule has 2 rings (SSSR count). The minimum Gasteiger partial charge on any atom is -0.476 e. The standard InChI is InChI=1S/C13H20N4O4/c1-8(2)7-14-12-10(17(18)19)13(20-3)16-11(15-12)9-5-4-6-21-9/h8-9H,4-7H2,1-3H3,(H,14,15,16). The summed E-state index contributed by atoms with van der Waals surface area (Å²) >= 11 is 0. The molecule has 2 heterocycles. The first kappa shape index (κ1) is 15.4. The molecule has 1 unspecified atom stereocenters. The molecule has 1 fully saturated rings. The average Bonchev–Trinajstić information content (AvgIpc) is 2.97. The highest BCUT2D eigenvalue weighted by atomic mass is 16.6. The molecule has 0 amide bonds. The molecule has 21 heavy (non-hydrogen) atoms. The van der Waals surface area contributed by atoms with Crippen LogP contribution in [0.3, 0.4) is 0 Å². The summed E-state index contributed by atoms with van der Waals surface area (Å²) in [5, 5.41) is 14.3. The molecule has 1 atom stereocenters. The van der Waals surface area contributed by atoms with Gasteiger partial charge in [-0.25, -0.2) is 4.98 Å². The zero-order valence-electron chi connectivity index (χ0n) is 12.5. The van der Waals surface area contributed by atoms with Crippen LogP contribution in [0.1, 0.15) is 38.6 Å². The van der Waals surface area contributed by atoms with E-state index in [0.29, 0.717) is 24.9 Å². The van der Waals surface area contributed by atoms with Crippen molar-refractivity contribution in [3.63, 3.8) is 0 Å². The molecule has 1 N–H and O–H groups in total. The highest BCUT2D eigenvalue weighted by molar-refractivity contribution is 5.61. The monoisotopic (exact) mass is 296 g/mol. The SMILES string of the molecule is COc1nc(C2CCCO2)nc(NCC(C)C)c1[N+](=O)[O-]. The smallest absolute Gasteiger partial charge is 0.372 e. The minimum atomic E-state index is -0.527. The van der Waals surface area contributed by atoms with Gasteiger partial charge in [-0.3, -0.25) is 10.1 Å². The first-order valence-electron chi connectivity index (χ1n) is 6.98. The van der Waals surface area contributed by atoms with Crippen LogP contribution in [0, 0.1) is 16.0 Å². The number of nitrogens with zero attached hydrogens (tertiary/aromatic N) is 3. The van der Waals surface area contributed by atoms with Gasteiger partial charge in [0.15, 0.2) is 5.82 Å².